The third-order valence-corrected chi connectivity index (χ3v) is 2.45. The van der Waals surface area contributed by atoms with Gasteiger partial charge in [0.15, 0.2) is 0 Å². The highest BCUT2D eigenvalue weighted by Gasteiger charge is 2.06. The van der Waals surface area contributed by atoms with Crippen LogP contribution in [0.25, 0.3) is 0 Å². The summed E-state index contributed by atoms with van der Waals surface area (Å²) in [6, 6.07) is 9.04. The average molecular weight is 231 g/mol. The van der Waals surface area contributed by atoms with E-state index in [0.29, 0.717) is 18.6 Å². The highest BCUT2D eigenvalue weighted by Crippen LogP contribution is 2.07. The van der Waals surface area contributed by atoms with Crippen LogP contribution in [0.15, 0.2) is 24.3 Å². The fourth-order valence-electron chi connectivity index (χ4n) is 1.45. The molecule has 0 atom stereocenters. The molecule has 0 aliphatic carbocycles. The standard InChI is InChI=1S/C14H17NO2/c1-2-3-4-11-17-14(16)13-7-5-12(6-8-13)9-10-15/h5-8H,2-4,9,11H2,1H3. The molecule has 0 aromatic heterocycles. The van der Waals surface area contributed by atoms with Crippen LogP contribution in [0.1, 0.15) is 42.1 Å². The van der Waals surface area contributed by atoms with Crippen molar-refractivity contribution in [3.05, 3.63) is 35.4 Å². The molecule has 3 heteroatoms. The maximum Gasteiger partial charge on any atom is 0.338 e. The van der Waals surface area contributed by atoms with E-state index >= 15 is 0 Å². The number of nitrogens with zero attached hydrogens (tertiary/aromatic N) is 1. The second-order valence-electron chi connectivity index (χ2n) is 3.87. The van der Waals surface area contributed by atoms with Crippen LogP contribution in [-0.2, 0) is 11.2 Å². The molecular weight excluding hydrogens is 214 g/mol. The largest absolute Gasteiger partial charge is 0.462 e. The van der Waals surface area contributed by atoms with Crippen molar-refractivity contribution in [1.82, 2.24) is 0 Å². The first-order valence-corrected chi connectivity index (χ1v) is 5.91. The Morgan fingerprint density at radius 1 is 1.29 bits per heavy atom. The Kier molecular flexibility index (Phi) is 5.81. The van der Waals surface area contributed by atoms with Gasteiger partial charge in [0.2, 0.25) is 0 Å². The van der Waals surface area contributed by atoms with Crippen LogP contribution < -0.4 is 0 Å². The molecule has 0 bridgehead atoms. The fourth-order valence-corrected chi connectivity index (χ4v) is 1.45. The lowest BCUT2D eigenvalue weighted by atomic mass is 10.1. The summed E-state index contributed by atoms with van der Waals surface area (Å²) in [6.45, 7) is 2.59. The topological polar surface area (TPSA) is 50.1 Å². The summed E-state index contributed by atoms with van der Waals surface area (Å²) in [5.41, 5.74) is 1.46. The van der Waals surface area contributed by atoms with Crippen LogP contribution in [0.2, 0.25) is 0 Å². The van der Waals surface area contributed by atoms with Gasteiger partial charge >= 0.3 is 5.97 Å². The van der Waals surface area contributed by atoms with Crippen molar-refractivity contribution < 1.29 is 9.53 Å². The quantitative estimate of drug-likeness (QED) is 0.558. The van der Waals surface area contributed by atoms with Gasteiger partial charge in [-0.1, -0.05) is 31.9 Å². The predicted octanol–water partition coefficient (Wildman–Crippen LogP) is 3.10. The number of nitriles is 1. The smallest absolute Gasteiger partial charge is 0.338 e. The molecule has 0 fully saturated rings. The minimum atomic E-state index is -0.287. The fraction of sp³-hybridized carbons (Fsp3) is 0.429. The summed E-state index contributed by atoms with van der Waals surface area (Å²) in [5.74, 6) is -0.287. The molecule has 0 radical (unpaired) electrons. The number of esters is 1. The molecule has 0 saturated heterocycles. The van der Waals surface area contributed by atoms with Crippen LogP contribution in [0.5, 0.6) is 0 Å². The summed E-state index contributed by atoms with van der Waals surface area (Å²) >= 11 is 0. The number of carbonyl (C=O) groups is 1. The number of benzene rings is 1. The monoisotopic (exact) mass is 231 g/mol. The van der Waals surface area contributed by atoms with E-state index in [2.05, 4.69) is 13.0 Å². The van der Waals surface area contributed by atoms with Gasteiger partial charge in [-0.15, -0.1) is 0 Å². The van der Waals surface area contributed by atoms with Gasteiger partial charge in [0.25, 0.3) is 0 Å². The van der Waals surface area contributed by atoms with Gasteiger partial charge in [0.1, 0.15) is 0 Å². The molecule has 1 rings (SSSR count). The number of unbranched alkanes of at least 4 members (excludes halogenated alkanes) is 2. The molecule has 0 aliphatic rings. The number of hydrogen-bond donors (Lipinski definition) is 0. The first-order valence-electron chi connectivity index (χ1n) is 5.91. The Morgan fingerprint density at radius 2 is 2.00 bits per heavy atom. The average Bonchev–Trinajstić information content (AvgIpc) is 2.36. The van der Waals surface area contributed by atoms with Gasteiger partial charge in [-0.3, -0.25) is 0 Å². The van der Waals surface area contributed by atoms with Gasteiger partial charge in [-0.2, -0.15) is 5.26 Å². The summed E-state index contributed by atoms with van der Waals surface area (Å²) in [4.78, 5) is 11.6. The van der Waals surface area contributed by atoms with Gasteiger partial charge in [0.05, 0.1) is 24.7 Å². The van der Waals surface area contributed by atoms with Crippen molar-refractivity contribution in [3.63, 3.8) is 0 Å². The summed E-state index contributed by atoms with van der Waals surface area (Å²) < 4.78 is 5.13. The maximum atomic E-state index is 11.6. The zero-order valence-electron chi connectivity index (χ0n) is 10.1. The molecule has 0 aliphatic heterocycles. The van der Waals surface area contributed by atoms with E-state index < -0.39 is 0 Å². The lowest BCUT2D eigenvalue weighted by Crippen LogP contribution is -2.06. The normalized spacial score (nSPS) is 9.65. The Labute approximate surface area is 102 Å². The van der Waals surface area contributed by atoms with Gasteiger partial charge in [0, 0.05) is 0 Å². The second-order valence-corrected chi connectivity index (χ2v) is 3.87. The van der Waals surface area contributed by atoms with Crippen molar-refractivity contribution >= 4 is 5.97 Å². The zero-order valence-corrected chi connectivity index (χ0v) is 10.1. The third kappa shape index (κ3) is 4.69. The molecule has 0 spiro atoms. The Balaban J connectivity index is 2.44. The number of rotatable bonds is 6. The molecule has 17 heavy (non-hydrogen) atoms. The number of ether oxygens (including phenoxy) is 1. The van der Waals surface area contributed by atoms with Crippen molar-refractivity contribution in [2.24, 2.45) is 0 Å². The van der Waals surface area contributed by atoms with Gasteiger partial charge in [-0.05, 0) is 24.1 Å². The minimum absolute atomic E-state index is 0.287. The molecule has 0 amide bonds. The first-order chi connectivity index (χ1) is 8.27. The highest BCUT2D eigenvalue weighted by atomic mass is 16.5. The van der Waals surface area contributed by atoms with E-state index in [1.54, 1.807) is 24.3 Å². The van der Waals surface area contributed by atoms with Crippen LogP contribution >= 0.6 is 0 Å². The molecule has 1 aromatic carbocycles. The SMILES string of the molecule is CCCCCOC(=O)c1ccc(CC#N)cc1. The van der Waals surface area contributed by atoms with Gasteiger partial charge in [-0.25, -0.2) is 4.79 Å². The van der Waals surface area contributed by atoms with Crippen molar-refractivity contribution in [2.45, 2.75) is 32.6 Å². The van der Waals surface area contributed by atoms with Crippen molar-refractivity contribution in [1.29, 1.82) is 5.26 Å². The van der Waals surface area contributed by atoms with E-state index in [1.165, 1.54) is 0 Å². The lowest BCUT2D eigenvalue weighted by Gasteiger charge is -2.04. The summed E-state index contributed by atoms with van der Waals surface area (Å²) in [7, 11) is 0. The molecule has 0 heterocycles. The molecule has 1 aromatic rings. The molecule has 3 nitrogen and oxygen atoms in total. The van der Waals surface area contributed by atoms with Crippen molar-refractivity contribution in [2.75, 3.05) is 6.61 Å². The van der Waals surface area contributed by atoms with Crippen molar-refractivity contribution in [3.8, 4) is 6.07 Å². The number of carbonyl (C=O) groups excluding carboxylic acids is 1. The molecule has 0 unspecified atom stereocenters. The minimum Gasteiger partial charge on any atom is -0.462 e. The molecule has 90 valence electrons. The summed E-state index contributed by atoms with van der Waals surface area (Å²) in [5, 5.41) is 8.52. The summed E-state index contributed by atoms with van der Waals surface area (Å²) in [6.07, 6.45) is 3.47. The van der Waals surface area contributed by atoms with Crippen LogP contribution in [0.4, 0.5) is 0 Å². The number of hydrogen-bond acceptors (Lipinski definition) is 3. The molecule has 0 N–H and O–H groups in total. The lowest BCUT2D eigenvalue weighted by molar-refractivity contribution is 0.0498. The molecule has 0 saturated carbocycles. The van der Waals surface area contributed by atoms with E-state index in [0.717, 1.165) is 24.8 Å². The Hall–Kier alpha value is -1.82. The first kappa shape index (κ1) is 13.2. The third-order valence-electron chi connectivity index (χ3n) is 2.45. The predicted molar refractivity (Wildman–Crippen MR) is 65.6 cm³/mol. The van der Waals surface area contributed by atoms with Crippen LogP contribution in [0, 0.1) is 11.3 Å². The van der Waals surface area contributed by atoms with E-state index in [9.17, 15) is 4.79 Å². The van der Waals surface area contributed by atoms with E-state index in [4.69, 9.17) is 10.00 Å². The Bertz CT molecular complexity index is 390. The Morgan fingerprint density at radius 3 is 2.59 bits per heavy atom. The highest BCUT2D eigenvalue weighted by molar-refractivity contribution is 5.89. The zero-order chi connectivity index (χ0) is 12.5. The molecular formula is C14H17NO2. The maximum absolute atomic E-state index is 11.6. The second kappa shape index (κ2) is 7.45. The van der Waals surface area contributed by atoms with E-state index in [-0.39, 0.29) is 5.97 Å². The van der Waals surface area contributed by atoms with Crippen LogP contribution in [0.3, 0.4) is 0 Å². The van der Waals surface area contributed by atoms with Gasteiger partial charge < -0.3 is 4.74 Å². The van der Waals surface area contributed by atoms with Crippen LogP contribution in [-0.4, -0.2) is 12.6 Å². The van der Waals surface area contributed by atoms with E-state index in [1.807, 2.05) is 0 Å².